The average molecular weight is 304 g/mol. The molecule has 21 heavy (non-hydrogen) atoms. The molecular weight excluding hydrogens is 280 g/mol. The first-order valence-corrected chi connectivity index (χ1v) is 8.75. The van der Waals surface area contributed by atoms with Gasteiger partial charge in [-0.25, -0.2) is 4.98 Å². The first kappa shape index (κ1) is 14.6. The number of anilines is 2. The van der Waals surface area contributed by atoms with Crippen molar-refractivity contribution in [1.82, 2.24) is 9.97 Å². The Morgan fingerprint density at radius 2 is 2.10 bits per heavy atom. The van der Waals surface area contributed by atoms with E-state index in [1.165, 1.54) is 12.8 Å². The van der Waals surface area contributed by atoms with Crippen LogP contribution in [0, 0.1) is 11.3 Å². The number of fused-ring (bicyclic) bond motifs is 1. The molecule has 2 heterocycles. The van der Waals surface area contributed by atoms with Crippen LogP contribution in [0.1, 0.15) is 40.0 Å². The number of nitrogens with zero attached hydrogens (tertiary/aromatic N) is 2. The number of aromatic nitrogens is 2. The molecule has 2 N–H and O–H groups in total. The summed E-state index contributed by atoms with van der Waals surface area (Å²) in [5.41, 5.74) is 0.476. The van der Waals surface area contributed by atoms with E-state index in [2.05, 4.69) is 52.8 Å². The maximum atomic E-state index is 4.67. The van der Waals surface area contributed by atoms with E-state index in [-0.39, 0.29) is 0 Å². The van der Waals surface area contributed by atoms with Gasteiger partial charge in [-0.15, -0.1) is 11.3 Å². The molecule has 0 amide bonds. The van der Waals surface area contributed by atoms with Crippen LogP contribution in [0.25, 0.3) is 10.2 Å². The third-order valence-electron chi connectivity index (χ3n) is 4.58. The maximum Gasteiger partial charge on any atom is 0.226 e. The molecule has 2 aromatic heterocycles. The fraction of sp³-hybridized carbons (Fsp3) is 0.625. The SMILES string of the molecule is CCCNc1nc(NCC2(C(C)C)CC2)c2ccsc2n1. The molecule has 114 valence electrons. The van der Waals surface area contributed by atoms with Gasteiger partial charge >= 0.3 is 0 Å². The topological polar surface area (TPSA) is 49.8 Å². The molecular formula is C16H24N4S. The first-order valence-electron chi connectivity index (χ1n) is 7.87. The molecule has 0 aromatic carbocycles. The van der Waals surface area contributed by atoms with Gasteiger partial charge in [0.15, 0.2) is 0 Å². The number of hydrogen-bond acceptors (Lipinski definition) is 5. The third kappa shape index (κ3) is 2.98. The molecule has 0 saturated heterocycles. The van der Waals surface area contributed by atoms with E-state index in [9.17, 15) is 0 Å². The standard InChI is InChI=1S/C16H24N4S/c1-4-8-17-15-19-13(12-5-9-21-14(12)20-15)18-10-16(6-7-16)11(2)3/h5,9,11H,4,6-8,10H2,1-3H3,(H2,17,18,19,20). The van der Waals surface area contributed by atoms with Crippen molar-refractivity contribution in [2.75, 3.05) is 23.7 Å². The highest BCUT2D eigenvalue weighted by molar-refractivity contribution is 7.16. The highest BCUT2D eigenvalue weighted by Crippen LogP contribution is 2.51. The van der Waals surface area contributed by atoms with Gasteiger partial charge in [-0.1, -0.05) is 20.8 Å². The van der Waals surface area contributed by atoms with E-state index < -0.39 is 0 Å². The van der Waals surface area contributed by atoms with Crippen molar-refractivity contribution in [1.29, 1.82) is 0 Å². The largest absolute Gasteiger partial charge is 0.369 e. The van der Waals surface area contributed by atoms with E-state index in [4.69, 9.17) is 0 Å². The zero-order valence-electron chi connectivity index (χ0n) is 13.1. The minimum atomic E-state index is 0.476. The third-order valence-corrected chi connectivity index (χ3v) is 5.39. The Hall–Kier alpha value is -1.36. The van der Waals surface area contributed by atoms with Crippen molar-refractivity contribution in [3.8, 4) is 0 Å². The Bertz CT molecular complexity index is 616. The van der Waals surface area contributed by atoms with Crippen LogP contribution in [0.15, 0.2) is 11.4 Å². The fourth-order valence-electron chi connectivity index (χ4n) is 2.68. The summed E-state index contributed by atoms with van der Waals surface area (Å²) in [5, 5.41) is 10.1. The van der Waals surface area contributed by atoms with Gasteiger partial charge < -0.3 is 10.6 Å². The van der Waals surface area contributed by atoms with Crippen molar-refractivity contribution in [2.24, 2.45) is 11.3 Å². The van der Waals surface area contributed by atoms with Gasteiger partial charge in [0.25, 0.3) is 0 Å². The van der Waals surface area contributed by atoms with Crippen LogP contribution < -0.4 is 10.6 Å². The first-order chi connectivity index (χ1) is 10.1. The number of hydrogen-bond donors (Lipinski definition) is 2. The summed E-state index contributed by atoms with van der Waals surface area (Å²) in [7, 11) is 0. The smallest absolute Gasteiger partial charge is 0.226 e. The quantitative estimate of drug-likeness (QED) is 0.798. The van der Waals surface area contributed by atoms with Crippen molar-refractivity contribution >= 4 is 33.3 Å². The second-order valence-electron chi connectivity index (χ2n) is 6.33. The normalized spacial score (nSPS) is 16.4. The summed E-state index contributed by atoms with van der Waals surface area (Å²) >= 11 is 1.67. The van der Waals surface area contributed by atoms with Crippen LogP contribution >= 0.6 is 11.3 Å². The van der Waals surface area contributed by atoms with Gasteiger partial charge in [0.2, 0.25) is 5.95 Å². The number of nitrogens with one attached hydrogen (secondary N) is 2. The molecule has 0 aliphatic heterocycles. The van der Waals surface area contributed by atoms with Gasteiger partial charge in [0, 0.05) is 13.1 Å². The molecule has 4 nitrogen and oxygen atoms in total. The van der Waals surface area contributed by atoms with Crippen LogP contribution in [0.5, 0.6) is 0 Å². The zero-order chi connectivity index (χ0) is 14.9. The van der Waals surface area contributed by atoms with Crippen molar-refractivity contribution in [2.45, 2.75) is 40.0 Å². The monoisotopic (exact) mass is 304 g/mol. The lowest BCUT2D eigenvalue weighted by Gasteiger charge is -2.20. The Morgan fingerprint density at radius 1 is 1.29 bits per heavy atom. The zero-order valence-corrected chi connectivity index (χ0v) is 13.9. The second kappa shape index (κ2) is 5.79. The lowest BCUT2D eigenvalue weighted by molar-refractivity contribution is 0.380. The van der Waals surface area contributed by atoms with Crippen LogP contribution in [-0.4, -0.2) is 23.1 Å². The molecule has 0 unspecified atom stereocenters. The van der Waals surface area contributed by atoms with Gasteiger partial charge in [0.05, 0.1) is 5.39 Å². The molecule has 3 rings (SSSR count). The molecule has 0 bridgehead atoms. The molecule has 5 heteroatoms. The van der Waals surface area contributed by atoms with Crippen LogP contribution in [0.4, 0.5) is 11.8 Å². The molecule has 0 radical (unpaired) electrons. The van der Waals surface area contributed by atoms with Crippen molar-refractivity contribution < 1.29 is 0 Å². The van der Waals surface area contributed by atoms with Gasteiger partial charge in [0.1, 0.15) is 10.6 Å². The average Bonchev–Trinajstić information content (AvgIpc) is 3.13. The maximum absolute atomic E-state index is 4.67. The van der Waals surface area contributed by atoms with Gasteiger partial charge in [-0.3, -0.25) is 0 Å². The van der Waals surface area contributed by atoms with Gasteiger partial charge in [-0.05, 0) is 42.0 Å². The van der Waals surface area contributed by atoms with E-state index in [1.807, 2.05) is 0 Å². The summed E-state index contributed by atoms with van der Waals surface area (Å²) in [6.45, 7) is 8.72. The molecule has 2 aromatic rings. The molecule has 0 spiro atoms. The van der Waals surface area contributed by atoms with Crippen LogP contribution in [0.2, 0.25) is 0 Å². The van der Waals surface area contributed by atoms with E-state index in [0.29, 0.717) is 5.41 Å². The lowest BCUT2D eigenvalue weighted by atomic mass is 9.92. The highest BCUT2D eigenvalue weighted by Gasteiger charge is 2.45. The van der Waals surface area contributed by atoms with E-state index >= 15 is 0 Å². The molecule has 0 atom stereocenters. The summed E-state index contributed by atoms with van der Waals surface area (Å²) in [4.78, 5) is 10.3. The van der Waals surface area contributed by atoms with E-state index in [0.717, 1.165) is 47.4 Å². The van der Waals surface area contributed by atoms with E-state index in [1.54, 1.807) is 11.3 Å². The fourth-order valence-corrected chi connectivity index (χ4v) is 3.45. The Kier molecular flexibility index (Phi) is 4.02. The van der Waals surface area contributed by atoms with Crippen molar-refractivity contribution in [3.63, 3.8) is 0 Å². The van der Waals surface area contributed by atoms with Crippen molar-refractivity contribution in [3.05, 3.63) is 11.4 Å². The number of rotatable bonds is 7. The lowest BCUT2D eigenvalue weighted by Crippen LogP contribution is -2.21. The minimum absolute atomic E-state index is 0.476. The molecule has 1 aliphatic rings. The summed E-state index contributed by atoms with van der Waals surface area (Å²) < 4.78 is 0. The molecule has 1 saturated carbocycles. The Balaban J connectivity index is 1.81. The Labute approximate surface area is 130 Å². The Morgan fingerprint density at radius 3 is 2.76 bits per heavy atom. The van der Waals surface area contributed by atoms with Gasteiger partial charge in [-0.2, -0.15) is 4.98 Å². The number of thiophene rings is 1. The summed E-state index contributed by atoms with van der Waals surface area (Å²) in [6, 6.07) is 2.11. The minimum Gasteiger partial charge on any atom is -0.369 e. The predicted molar refractivity (Wildman–Crippen MR) is 91.2 cm³/mol. The van der Waals surface area contributed by atoms with Crippen LogP contribution in [-0.2, 0) is 0 Å². The summed E-state index contributed by atoms with van der Waals surface area (Å²) in [5.74, 6) is 2.44. The molecule has 1 aliphatic carbocycles. The predicted octanol–water partition coefficient (Wildman–Crippen LogP) is 4.36. The second-order valence-corrected chi connectivity index (χ2v) is 7.23. The summed E-state index contributed by atoms with van der Waals surface area (Å²) in [6.07, 6.45) is 3.73. The highest BCUT2D eigenvalue weighted by atomic mass is 32.1. The van der Waals surface area contributed by atoms with Crippen LogP contribution in [0.3, 0.4) is 0 Å². The molecule has 1 fully saturated rings.